The van der Waals surface area contributed by atoms with E-state index in [0.29, 0.717) is 6.54 Å². The van der Waals surface area contributed by atoms with Gasteiger partial charge in [0, 0.05) is 13.6 Å². The molecule has 0 radical (unpaired) electrons. The van der Waals surface area contributed by atoms with Gasteiger partial charge < -0.3 is 14.5 Å². The Bertz CT molecular complexity index is 658. The summed E-state index contributed by atoms with van der Waals surface area (Å²) in [5.41, 5.74) is 1.11. The van der Waals surface area contributed by atoms with Crippen molar-refractivity contribution in [3.05, 3.63) is 36.9 Å². The van der Waals surface area contributed by atoms with Crippen LogP contribution in [0.4, 0.5) is 5.69 Å². The first-order valence-corrected chi connectivity index (χ1v) is 7.74. The second kappa shape index (κ2) is 6.68. The number of carbonyl (C=O) groups is 1. The topological polar surface area (TPSA) is 63.5 Å². The van der Waals surface area contributed by atoms with E-state index in [0.717, 1.165) is 24.5 Å². The van der Waals surface area contributed by atoms with Crippen molar-refractivity contribution in [2.24, 2.45) is 0 Å². The van der Waals surface area contributed by atoms with Crippen LogP contribution >= 0.6 is 0 Å². The number of rotatable bonds is 5. The molecule has 1 aromatic carbocycles. The molecule has 0 saturated carbocycles. The van der Waals surface area contributed by atoms with Crippen molar-refractivity contribution in [1.82, 2.24) is 19.7 Å². The van der Waals surface area contributed by atoms with Gasteiger partial charge >= 0.3 is 0 Å². The molecule has 1 atom stereocenters. The fraction of sp³-hybridized carbons (Fsp3) is 0.438. The average Bonchev–Trinajstić information content (AvgIpc) is 3.07. The van der Waals surface area contributed by atoms with Gasteiger partial charge in [0.1, 0.15) is 31.1 Å². The standard InChI is InChI=1S/C16H21N5O2/c1-3-20-9-13(23-15-7-5-4-6-14(15)20)8-19(2)16(22)10-21-12-17-11-18-21/h4-7,11-13H,3,8-10H2,1-2H3. The maximum Gasteiger partial charge on any atom is 0.244 e. The minimum absolute atomic E-state index is 0.0130. The van der Waals surface area contributed by atoms with Crippen LogP contribution in [0.25, 0.3) is 0 Å². The summed E-state index contributed by atoms with van der Waals surface area (Å²) in [7, 11) is 1.79. The zero-order chi connectivity index (χ0) is 16.2. The van der Waals surface area contributed by atoms with Gasteiger partial charge in [0.25, 0.3) is 0 Å². The van der Waals surface area contributed by atoms with Crippen LogP contribution in [0.1, 0.15) is 6.92 Å². The first kappa shape index (κ1) is 15.3. The quantitative estimate of drug-likeness (QED) is 0.824. The van der Waals surface area contributed by atoms with Gasteiger partial charge in [0.05, 0.1) is 18.8 Å². The Kier molecular flexibility index (Phi) is 4.45. The molecule has 0 bridgehead atoms. The van der Waals surface area contributed by atoms with E-state index < -0.39 is 0 Å². The van der Waals surface area contributed by atoms with Crippen LogP contribution in [0.5, 0.6) is 5.75 Å². The van der Waals surface area contributed by atoms with Crippen LogP contribution in [0.15, 0.2) is 36.9 Å². The van der Waals surface area contributed by atoms with Gasteiger partial charge in [-0.2, -0.15) is 5.10 Å². The number of aromatic nitrogens is 3. The fourth-order valence-corrected chi connectivity index (χ4v) is 2.75. The summed E-state index contributed by atoms with van der Waals surface area (Å²) in [6, 6.07) is 8.02. The Morgan fingerprint density at radius 1 is 1.43 bits per heavy atom. The smallest absolute Gasteiger partial charge is 0.244 e. The lowest BCUT2D eigenvalue weighted by Crippen LogP contribution is -2.47. The number of anilines is 1. The third-order valence-electron chi connectivity index (χ3n) is 3.97. The van der Waals surface area contributed by atoms with Crippen LogP contribution in [0.2, 0.25) is 0 Å². The van der Waals surface area contributed by atoms with E-state index in [1.165, 1.54) is 17.3 Å². The predicted molar refractivity (Wildman–Crippen MR) is 86.4 cm³/mol. The van der Waals surface area contributed by atoms with Gasteiger partial charge in [-0.3, -0.25) is 4.79 Å². The van der Waals surface area contributed by atoms with Crippen molar-refractivity contribution in [2.45, 2.75) is 19.6 Å². The van der Waals surface area contributed by atoms with Crippen LogP contribution in [0.3, 0.4) is 0 Å². The van der Waals surface area contributed by atoms with Gasteiger partial charge in [0.2, 0.25) is 5.91 Å². The van der Waals surface area contributed by atoms with Crippen molar-refractivity contribution >= 4 is 11.6 Å². The van der Waals surface area contributed by atoms with E-state index in [1.54, 1.807) is 11.9 Å². The molecule has 7 nitrogen and oxygen atoms in total. The molecule has 0 spiro atoms. The number of likely N-dealkylation sites (N-methyl/N-ethyl adjacent to an activating group) is 2. The Hall–Kier alpha value is -2.57. The van der Waals surface area contributed by atoms with Crippen molar-refractivity contribution in [1.29, 1.82) is 0 Å². The minimum atomic E-state index is -0.0467. The lowest BCUT2D eigenvalue weighted by atomic mass is 10.2. The summed E-state index contributed by atoms with van der Waals surface area (Å²) in [5, 5.41) is 3.96. The number of carbonyl (C=O) groups excluding carboxylic acids is 1. The van der Waals surface area contributed by atoms with E-state index in [9.17, 15) is 4.79 Å². The lowest BCUT2D eigenvalue weighted by molar-refractivity contribution is -0.131. The average molecular weight is 315 g/mol. The number of nitrogens with zero attached hydrogens (tertiary/aromatic N) is 5. The van der Waals surface area contributed by atoms with Crippen LogP contribution in [-0.2, 0) is 11.3 Å². The van der Waals surface area contributed by atoms with Gasteiger partial charge in [-0.05, 0) is 19.1 Å². The Morgan fingerprint density at radius 2 is 2.26 bits per heavy atom. The van der Waals surface area contributed by atoms with Gasteiger partial charge in [-0.1, -0.05) is 12.1 Å². The molecular formula is C16H21N5O2. The fourth-order valence-electron chi connectivity index (χ4n) is 2.75. The van der Waals surface area contributed by atoms with Crippen molar-refractivity contribution in [2.75, 3.05) is 31.6 Å². The van der Waals surface area contributed by atoms with Crippen molar-refractivity contribution in [3.8, 4) is 5.75 Å². The SMILES string of the molecule is CCN1CC(CN(C)C(=O)Cn2cncn2)Oc2ccccc21. The Balaban J connectivity index is 1.63. The second-order valence-electron chi connectivity index (χ2n) is 5.61. The molecule has 3 rings (SSSR count). The highest BCUT2D eigenvalue weighted by molar-refractivity contribution is 5.75. The Labute approximate surface area is 135 Å². The van der Waals surface area contributed by atoms with Crippen molar-refractivity contribution < 1.29 is 9.53 Å². The molecule has 2 heterocycles. The summed E-state index contributed by atoms with van der Waals surface area (Å²) in [6.07, 6.45) is 2.92. The molecular weight excluding hydrogens is 294 g/mol. The molecule has 0 N–H and O–H groups in total. The molecule has 1 aliphatic heterocycles. The number of fused-ring (bicyclic) bond motifs is 1. The highest BCUT2D eigenvalue weighted by atomic mass is 16.5. The van der Waals surface area contributed by atoms with E-state index in [1.807, 2.05) is 18.2 Å². The summed E-state index contributed by atoms with van der Waals surface area (Å²) in [5.74, 6) is 0.865. The largest absolute Gasteiger partial charge is 0.485 e. The van der Waals surface area contributed by atoms with Gasteiger partial charge in [0.15, 0.2) is 0 Å². The van der Waals surface area contributed by atoms with E-state index in [-0.39, 0.29) is 18.6 Å². The molecule has 2 aromatic rings. The maximum atomic E-state index is 12.2. The van der Waals surface area contributed by atoms with E-state index in [4.69, 9.17) is 4.74 Å². The number of amides is 1. The third kappa shape index (κ3) is 3.44. The van der Waals surface area contributed by atoms with Gasteiger partial charge in [-0.25, -0.2) is 9.67 Å². The summed E-state index contributed by atoms with van der Waals surface area (Å²) in [4.78, 5) is 20.1. The third-order valence-corrected chi connectivity index (χ3v) is 3.97. The zero-order valence-corrected chi connectivity index (χ0v) is 13.4. The van der Waals surface area contributed by atoms with Crippen LogP contribution in [0, 0.1) is 0 Å². The number of para-hydroxylation sites is 2. The first-order chi connectivity index (χ1) is 11.2. The number of hydrogen-bond acceptors (Lipinski definition) is 5. The number of benzene rings is 1. The van der Waals surface area contributed by atoms with Crippen LogP contribution in [-0.4, -0.2) is 58.4 Å². The summed E-state index contributed by atoms with van der Waals surface area (Å²) < 4.78 is 7.57. The van der Waals surface area contributed by atoms with Crippen molar-refractivity contribution in [3.63, 3.8) is 0 Å². The molecule has 0 saturated heterocycles. The second-order valence-corrected chi connectivity index (χ2v) is 5.61. The molecule has 0 aliphatic carbocycles. The minimum Gasteiger partial charge on any atom is -0.485 e. The lowest BCUT2D eigenvalue weighted by Gasteiger charge is -2.37. The molecule has 1 aromatic heterocycles. The van der Waals surface area contributed by atoms with E-state index in [2.05, 4.69) is 28.0 Å². The molecule has 0 fully saturated rings. The number of hydrogen-bond donors (Lipinski definition) is 0. The monoisotopic (exact) mass is 315 g/mol. The zero-order valence-electron chi connectivity index (χ0n) is 13.4. The molecule has 23 heavy (non-hydrogen) atoms. The highest BCUT2D eigenvalue weighted by Gasteiger charge is 2.26. The van der Waals surface area contributed by atoms with Gasteiger partial charge in [-0.15, -0.1) is 0 Å². The molecule has 1 aliphatic rings. The molecule has 122 valence electrons. The summed E-state index contributed by atoms with van der Waals surface area (Å²) in [6.45, 7) is 4.54. The Morgan fingerprint density at radius 3 is 3.00 bits per heavy atom. The summed E-state index contributed by atoms with van der Waals surface area (Å²) >= 11 is 0. The van der Waals surface area contributed by atoms with E-state index >= 15 is 0 Å². The van der Waals surface area contributed by atoms with Crippen LogP contribution < -0.4 is 9.64 Å². The molecule has 7 heteroatoms. The predicted octanol–water partition coefficient (Wildman–Crippen LogP) is 1.02. The normalized spacial score (nSPS) is 16.6. The molecule has 1 amide bonds. The maximum absolute atomic E-state index is 12.2. The highest BCUT2D eigenvalue weighted by Crippen LogP contribution is 2.32. The number of ether oxygens (including phenoxy) is 1. The molecule has 1 unspecified atom stereocenters. The first-order valence-electron chi connectivity index (χ1n) is 7.74.